The van der Waals surface area contributed by atoms with Crippen molar-refractivity contribution in [3.8, 4) is 6.07 Å². The average Bonchev–Trinajstić information content (AvgIpc) is 2.53. The Bertz CT molecular complexity index is 650. The minimum absolute atomic E-state index is 0.00461. The van der Waals surface area contributed by atoms with Gasteiger partial charge in [-0.3, -0.25) is 0 Å². The topological polar surface area (TPSA) is 107 Å². The zero-order valence-corrected chi connectivity index (χ0v) is 12.5. The highest BCUT2D eigenvalue weighted by atomic mass is 35.5. The van der Waals surface area contributed by atoms with Crippen LogP contribution in [-0.2, 0) is 4.74 Å². The van der Waals surface area contributed by atoms with Gasteiger partial charge in [0.1, 0.15) is 17.5 Å². The third-order valence-electron chi connectivity index (χ3n) is 3.32. The van der Waals surface area contributed by atoms with Crippen LogP contribution >= 0.6 is 11.6 Å². The lowest BCUT2D eigenvalue weighted by atomic mass is 10.2. The highest BCUT2D eigenvalue weighted by molar-refractivity contribution is 6.32. The Morgan fingerprint density at radius 1 is 1.41 bits per heavy atom. The van der Waals surface area contributed by atoms with Crippen molar-refractivity contribution in [2.24, 2.45) is 0 Å². The van der Waals surface area contributed by atoms with Gasteiger partial charge < -0.3 is 19.6 Å². The number of esters is 1. The number of pyridine rings is 1. The van der Waals surface area contributed by atoms with Crippen molar-refractivity contribution >= 4 is 29.5 Å². The van der Waals surface area contributed by atoms with Crippen molar-refractivity contribution in [1.82, 2.24) is 9.88 Å². The van der Waals surface area contributed by atoms with Crippen LogP contribution in [0.25, 0.3) is 0 Å². The summed E-state index contributed by atoms with van der Waals surface area (Å²) in [5.41, 5.74) is 0.153. The van der Waals surface area contributed by atoms with Crippen molar-refractivity contribution in [2.75, 3.05) is 38.2 Å². The van der Waals surface area contributed by atoms with E-state index in [0.717, 1.165) is 0 Å². The Labute approximate surface area is 131 Å². The molecular weight excluding hydrogens is 312 g/mol. The number of amides is 1. The fraction of sp³-hybridized carbons (Fsp3) is 0.385. The van der Waals surface area contributed by atoms with Gasteiger partial charge in [0.25, 0.3) is 0 Å². The lowest BCUT2D eigenvalue weighted by Gasteiger charge is -2.34. The molecule has 0 aromatic carbocycles. The molecule has 1 N–H and O–H groups in total. The number of hydrogen-bond acceptors (Lipinski definition) is 6. The molecule has 0 unspecified atom stereocenters. The molecule has 1 aliphatic heterocycles. The molecule has 0 bridgehead atoms. The summed E-state index contributed by atoms with van der Waals surface area (Å²) < 4.78 is 4.70. The minimum Gasteiger partial charge on any atom is -0.465 e. The van der Waals surface area contributed by atoms with Crippen molar-refractivity contribution in [1.29, 1.82) is 5.26 Å². The molecule has 2 heterocycles. The normalized spacial score (nSPS) is 14.4. The molecule has 1 aromatic heterocycles. The summed E-state index contributed by atoms with van der Waals surface area (Å²) in [6.45, 7) is 1.27. The van der Waals surface area contributed by atoms with Gasteiger partial charge >= 0.3 is 12.1 Å². The predicted octanol–water partition coefficient (Wildman–Crippen LogP) is 1.19. The Balaban J connectivity index is 2.35. The SMILES string of the molecule is COC(=O)c1cc(Cl)c(C#N)nc1N1CCN(C(=O)O)CC1. The molecule has 116 valence electrons. The maximum Gasteiger partial charge on any atom is 0.407 e. The van der Waals surface area contributed by atoms with Gasteiger partial charge in [0, 0.05) is 26.2 Å². The number of anilines is 1. The molecule has 8 nitrogen and oxygen atoms in total. The molecule has 0 atom stereocenters. The van der Waals surface area contributed by atoms with Crippen LogP contribution in [0.1, 0.15) is 16.1 Å². The number of halogens is 1. The third kappa shape index (κ3) is 3.04. The smallest absolute Gasteiger partial charge is 0.407 e. The zero-order chi connectivity index (χ0) is 16.3. The van der Waals surface area contributed by atoms with Crippen LogP contribution in [0, 0.1) is 11.3 Å². The molecule has 0 saturated carbocycles. The first-order valence-electron chi connectivity index (χ1n) is 6.39. The van der Waals surface area contributed by atoms with Crippen molar-refractivity contribution in [3.05, 3.63) is 22.3 Å². The van der Waals surface area contributed by atoms with Gasteiger partial charge in [0.2, 0.25) is 0 Å². The monoisotopic (exact) mass is 324 g/mol. The number of rotatable bonds is 2. The van der Waals surface area contributed by atoms with E-state index in [4.69, 9.17) is 26.7 Å². The van der Waals surface area contributed by atoms with Crippen LogP contribution in [0.3, 0.4) is 0 Å². The second-order valence-corrected chi connectivity index (χ2v) is 4.96. The lowest BCUT2D eigenvalue weighted by Crippen LogP contribution is -2.49. The minimum atomic E-state index is -0.991. The van der Waals surface area contributed by atoms with Gasteiger partial charge in [-0.05, 0) is 6.07 Å². The van der Waals surface area contributed by atoms with E-state index in [1.165, 1.54) is 18.1 Å². The maximum absolute atomic E-state index is 11.9. The van der Waals surface area contributed by atoms with Gasteiger partial charge in [-0.25, -0.2) is 14.6 Å². The van der Waals surface area contributed by atoms with E-state index in [9.17, 15) is 9.59 Å². The van der Waals surface area contributed by atoms with Gasteiger partial charge in [0.15, 0.2) is 5.69 Å². The Hall–Kier alpha value is -2.53. The molecule has 1 aliphatic rings. The van der Waals surface area contributed by atoms with Crippen molar-refractivity contribution < 1.29 is 19.4 Å². The number of nitriles is 1. The van der Waals surface area contributed by atoms with Crippen LogP contribution in [0.2, 0.25) is 5.02 Å². The second-order valence-electron chi connectivity index (χ2n) is 4.55. The first kappa shape index (κ1) is 15.9. The van der Waals surface area contributed by atoms with Crippen LogP contribution in [0.4, 0.5) is 10.6 Å². The summed E-state index contributed by atoms with van der Waals surface area (Å²) in [4.78, 5) is 29.9. The summed E-state index contributed by atoms with van der Waals surface area (Å²) in [6, 6.07) is 3.20. The lowest BCUT2D eigenvalue weighted by molar-refractivity contribution is 0.0600. The number of aromatic nitrogens is 1. The standard InChI is InChI=1S/C13H13ClN4O4/c1-22-12(19)8-6-9(14)10(7-15)16-11(8)17-2-4-18(5-3-17)13(20)21/h6H,2-5H2,1H3,(H,20,21). The number of carbonyl (C=O) groups is 2. The van der Waals surface area contributed by atoms with E-state index in [2.05, 4.69) is 4.98 Å². The average molecular weight is 325 g/mol. The summed E-state index contributed by atoms with van der Waals surface area (Å²) in [5, 5.41) is 18.0. The predicted molar refractivity (Wildman–Crippen MR) is 77.1 cm³/mol. The summed E-state index contributed by atoms with van der Waals surface area (Å²) in [7, 11) is 1.24. The number of carboxylic acid groups (broad SMARTS) is 1. The molecule has 1 aromatic rings. The van der Waals surface area contributed by atoms with Crippen LogP contribution in [0.5, 0.6) is 0 Å². The quantitative estimate of drug-likeness (QED) is 0.814. The maximum atomic E-state index is 11.9. The third-order valence-corrected chi connectivity index (χ3v) is 3.60. The van der Waals surface area contributed by atoms with E-state index < -0.39 is 12.1 Å². The summed E-state index contributed by atoms with van der Waals surface area (Å²) in [6.07, 6.45) is -0.991. The fourth-order valence-corrected chi connectivity index (χ4v) is 2.36. The second kappa shape index (κ2) is 6.49. The van der Waals surface area contributed by atoms with Gasteiger partial charge in [-0.1, -0.05) is 11.6 Å². The number of piperazine rings is 1. The molecule has 0 radical (unpaired) electrons. The zero-order valence-electron chi connectivity index (χ0n) is 11.7. The molecule has 0 aliphatic carbocycles. The molecule has 22 heavy (non-hydrogen) atoms. The molecule has 0 spiro atoms. The Morgan fingerprint density at radius 3 is 2.55 bits per heavy atom. The molecular formula is C13H13ClN4O4. The molecule has 1 fully saturated rings. The summed E-state index contributed by atoms with van der Waals surface area (Å²) >= 11 is 5.91. The van der Waals surface area contributed by atoms with Gasteiger partial charge in [-0.2, -0.15) is 5.26 Å². The van der Waals surface area contributed by atoms with Crippen molar-refractivity contribution in [3.63, 3.8) is 0 Å². The number of carbonyl (C=O) groups excluding carboxylic acids is 1. The van der Waals surface area contributed by atoms with Crippen LogP contribution < -0.4 is 4.90 Å². The highest BCUT2D eigenvalue weighted by Crippen LogP contribution is 2.26. The molecule has 1 saturated heterocycles. The Kier molecular flexibility index (Phi) is 4.68. The molecule has 1 amide bonds. The Morgan fingerprint density at radius 2 is 2.05 bits per heavy atom. The first-order valence-corrected chi connectivity index (χ1v) is 6.77. The van der Waals surface area contributed by atoms with E-state index in [1.54, 1.807) is 4.90 Å². The fourth-order valence-electron chi connectivity index (χ4n) is 2.17. The summed E-state index contributed by atoms with van der Waals surface area (Å²) in [5.74, 6) is -0.340. The number of hydrogen-bond donors (Lipinski definition) is 1. The van der Waals surface area contributed by atoms with Gasteiger partial charge in [-0.15, -0.1) is 0 Å². The number of ether oxygens (including phenoxy) is 1. The number of methoxy groups -OCH3 is 1. The molecule has 2 rings (SSSR count). The van der Waals surface area contributed by atoms with Crippen LogP contribution in [-0.4, -0.2) is 60.3 Å². The van der Waals surface area contributed by atoms with E-state index in [1.807, 2.05) is 6.07 Å². The van der Waals surface area contributed by atoms with Gasteiger partial charge in [0.05, 0.1) is 12.1 Å². The first-order chi connectivity index (χ1) is 10.5. The van der Waals surface area contributed by atoms with E-state index in [-0.39, 0.29) is 35.2 Å². The van der Waals surface area contributed by atoms with Crippen molar-refractivity contribution in [2.45, 2.75) is 0 Å². The largest absolute Gasteiger partial charge is 0.465 e. The highest BCUT2D eigenvalue weighted by Gasteiger charge is 2.26. The number of nitrogens with zero attached hydrogens (tertiary/aromatic N) is 4. The molecule has 9 heteroatoms. The van der Waals surface area contributed by atoms with E-state index in [0.29, 0.717) is 13.1 Å². The van der Waals surface area contributed by atoms with Crippen LogP contribution in [0.15, 0.2) is 6.07 Å². The van der Waals surface area contributed by atoms with E-state index >= 15 is 0 Å².